The number of benzene rings is 1. The maximum Gasteiger partial charge on any atom is 0.255 e. The average molecular weight is 454 g/mol. The molecule has 2 aliphatic heterocycles. The number of halogens is 1. The highest BCUT2D eigenvalue weighted by Gasteiger charge is 2.30. The molecule has 1 atom stereocenters. The minimum absolute atomic E-state index is 0.162. The number of hydrogen-bond acceptors (Lipinski definition) is 7. The van der Waals surface area contributed by atoms with Crippen molar-refractivity contribution in [3.8, 4) is 22.8 Å². The predicted molar refractivity (Wildman–Crippen MR) is 118 cm³/mol. The molecule has 0 fully saturated rings. The normalized spacial score (nSPS) is 16.8. The van der Waals surface area contributed by atoms with Gasteiger partial charge in [0.2, 0.25) is 0 Å². The van der Waals surface area contributed by atoms with Gasteiger partial charge in [-0.15, -0.1) is 0 Å². The van der Waals surface area contributed by atoms with E-state index in [4.69, 9.17) is 31.8 Å². The monoisotopic (exact) mass is 453 g/mol. The molecule has 0 bridgehead atoms. The standard InChI is InChI=1S/C22H20ClN5O4/c23-14-10-13(19-20(18(14)24)32-9-8-31-19)22(30)27-15-2-1-7-28-17(29)11-16(26-21(15)28)12-3-5-25-6-4-12/h3-6,10-11,15H,1-2,7-9,24H2,(H,27,30). The molecule has 5 rings (SSSR count). The zero-order chi connectivity index (χ0) is 22.2. The van der Waals surface area contributed by atoms with E-state index in [-0.39, 0.29) is 33.3 Å². The fourth-order valence-electron chi connectivity index (χ4n) is 4.01. The summed E-state index contributed by atoms with van der Waals surface area (Å²) in [6, 6.07) is 6.09. The van der Waals surface area contributed by atoms with Crippen molar-refractivity contribution < 1.29 is 14.3 Å². The van der Waals surface area contributed by atoms with Gasteiger partial charge in [-0.3, -0.25) is 19.1 Å². The summed E-state index contributed by atoms with van der Waals surface area (Å²) < 4.78 is 12.8. The Hall–Kier alpha value is -3.59. The first-order valence-corrected chi connectivity index (χ1v) is 10.6. The van der Waals surface area contributed by atoms with Crippen molar-refractivity contribution in [2.45, 2.75) is 25.4 Å². The van der Waals surface area contributed by atoms with Gasteiger partial charge < -0.3 is 20.5 Å². The summed E-state index contributed by atoms with van der Waals surface area (Å²) in [4.78, 5) is 34.7. The first-order chi connectivity index (χ1) is 15.5. The van der Waals surface area contributed by atoms with Gasteiger partial charge in [0.05, 0.1) is 28.0 Å². The SMILES string of the molecule is Nc1c(Cl)cc(C(=O)NC2CCCn3c2nc(-c2ccncc2)cc3=O)c2c1OCCO2. The van der Waals surface area contributed by atoms with Crippen LogP contribution in [-0.2, 0) is 6.54 Å². The van der Waals surface area contributed by atoms with Crippen LogP contribution in [0.15, 0.2) is 41.5 Å². The lowest BCUT2D eigenvalue weighted by atomic mass is 10.0. The Bertz CT molecular complexity index is 1260. The van der Waals surface area contributed by atoms with Crippen molar-refractivity contribution in [3.05, 3.63) is 63.4 Å². The molecule has 3 N–H and O–H groups in total. The Balaban J connectivity index is 1.51. The van der Waals surface area contributed by atoms with Gasteiger partial charge in [-0.25, -0.2) is 4.98 Å². The number of hydrogen-bond donors (Lipinski definition) is 2. The number of aromatic nitrogens is 3. The zero-order valence-electron chi connectivity index (χ0n) is 17.0. The maximum atomic E-state index is 13.2. The molecule has 164 valence electrons. The second kappa shape index (κ2) is 8.16. The third-order valence-electron chi connectivity index (χ3n) is 5.55. The summed E-state index contributed by atoms with van der Waals surface area (Å²) in [6.07, 6.45) is 4.65. The number of rotatable bonds is 3. The molecule has 0 radical (unpaired) electrons. The van der Waals surface area contributed by atoms with E-state index >= 15 is 0 Å². The predicted octanol–water partition coefficient (Wildman–Crippen LogP) is 2.58. The van der Waals surface area contributed by atoms with E-state index in [9.17, 15) is 9.59 Å². The van der Waals surface area contributed by atoms with Gasteiger partial charge in [-0.2, -0.15) is 0 Å². The van der Waals surface area contributed by atoms with E-state index in [2.05, 4.69) is 10.3 Å². The van der Waals surface area contributed by atoms with Crippen LogP contribution in [0.3, 0.4) is 0 Å². The summed E-state index contributed by atoms with van der Waals surface area (Å²) in [6.45, 7) is 1.16. The first kappa shape index (κ1) is 20.3. The van der Waals surface area contributed by atoms with Crippen LogP contribution in [0.5, 0.6) is 11.5 Å². The fourth-order valence-corrected chi connectivity index (χ4v) is 4.20. The van der Waals surface area contributed by atoms with Gasteiger partial charge in [-0.05, 0) is 31.0 Å². The smallest absolute Gasteiger partial charge is 0.255 e. The van der Waals surface area contributed by atoms with Crippen LogP contribution < -0.4 is 26.1 Å². The van der Waals surface area contributed by atoms with Crippen LogP contribution in [0.1, 0.15) is 35.1 Å². The number of carbonyl (C=O) groups excluding carboxylic acids is 1. The van der Waals surface area contributed by atoms with Crippen molar-refractivity contribution in [2.24, 2.45) is 0 Å². The number of nitrogen functional groups attached to an aromatic ring is 1. The van der Waals surface area contributed by atoms with Gasteiger partial charge in [0.25, 0.3) is 11.5 Å². The lowest BCUT2D eigenvalue weighted by molar-refractivity contribution is 0.0916. The van der Waals surface area contributed by atoms with Gasteiger partial charge >= 0.3 is 0 Å². The Morgan fingerprint density at radius 2 is 1.94 bits per heavy atom. The second-order valence-corrected chi connectivity index (χ2v) is 7.98. The Labute approximate surface area is 188 Å². The number of nitrogens with two attached hydrogens (primary N) is 1. The number of nitrogens with one attached hydrogen (secondary N) is 1. The van der Waals surface area contributed by atoms with Gasteiger partial charge in [0.15, 0.2) is 11.5 Å². The van der Waals surface area contributed by atoms with Gasteiger partial charge in [0.1, 0.15) is 19.0 Å². The Kier molecular flexibility index (Phi) is 5.18. The lowest BCUT2D eigenvalue weighted by Gasteiger charge is -2.28. The molecule has 1 aromatic carbocycles. The summed E-state index contributed by atoms with van der Waals surface area (Å²) in [7, 11) is 0. The molecule has 3 aromatic rings. The lowest BCUT2D eigenvalue weighted by Crippen LogP contribution is -2.38. The fraction of sp³-hybridized carbons (Fsp3) is 0.273. The maximum absolute atomic E-state index is 13.2. The number of ether oxygens (including phenoxy) is 2. The summed E-state index contributed by atoms with van der Waals surface area (Å²) in [5.74, 6) is 0.641. The summed E-state index contributed by atoms with van der Waals surface area (Å²) >= 11 is 6.22. The van der Waals surface area contributed by atoms with E-state index in [1.165, 1.54) is 12.1 Å². The van der Waals surface area contributed by atoms with Crippen molar-refractivity contribution in [1.29, 1.82) is 0 Å². The molecule has 0 spiro atoms. The van der Waals surface area contributed by atoms with Crippen molar-refractivity contribution in [2.75, 3.05) is 18.9 Å². The number of carbonyl (C=O) groups is 1. The van der Waals surface area contributed by atoms with Crippen molar-refractivity contribution in [1.82, 2.24) is 19.9 Å². The van der Waals surface area contributed by atoms with E-state index in [0.717, 1.165) is 12.0 Å². The number of pyridine rings is 1. The van der Waals surface area contributed by atoms with E-state index in [0.29, 0.717) is 37.7 Å². The molecular weight excluding hydrogens is 434 g/mol. The molecule has 4 heterocycles. The highest BCUT2D eigenvalue weighted by Crippen LogP contribution is 2.43. The number of nitrogens with zero attached hydrogens (tertiary/aromatic N) is 3. The molecule has 0 saturated carbocycles. The quantitative estimate of drug-likeness (QED) is 0.584. The highest BCUT2D eigenvalue weighted by molar-refractivity contribution is 6.34. The highest BCUT2D eigenvalue weighted by atomic mass is 35.5. The molecule has 10 heteroatoms. The molecular formula is C22H20ClN5O4. The molecule has 9 nitrogen and oxygen atoms in total. The Morgan fingerprint density at radius 1 is 1.19 bits per heavy atom. The van der Waals surface area contributed by atoms with Crippen molar-refractivity contribution >= 4 is 23.2 Å². The number of amides is 1. The minimum Gasteiger partial charge on any atom is -0.485 e. The third-order valence-corrected chi connectivity index (χ3v) is 5.86. The number of fused-ring (bicyclic) bond motifs is 2. The van der Waals surface area contributed by atoms with Crippen LogP contribution in [0.4, 0.5) is 5.69 Å². The van der Waals surface area contributed by atoms with Crippen LogP contribution in [0.25, 0.3) is 11.3 Å². The van der Waals surface area contributed by atoms with E-state index in [1.54, 1.807) is 29.1 Å². The molecule has 1 unspecified atom stereocenters. The van der Waals surface area contributed by atoms with Crippen LogP contribution >= 0.6 is 11.6 Å². The topological polar surface area (TPSA) is 121 Å². The molecule has 32 heavy (non-hydrogen) atoms. The van der Waals surface area contributed by atoms with Crippen LogP contribution in [0, 0.1) is 0 Å². The number of anilines is 1. The Morgan fingerprint density at radius 3 is 2.72 bits per heavy atom. The molecule has 0 aliphatic carbocycles. The molecule has 2 aromatic heterocycles. The van der Waals surface area contributed by atoms with Crippen LogP contribution in [-0.4, -0.2) is 33.7 Å². The van der Waals surface area contributed by atoms with E-state index < -0.39 is 11.9 Å². The summed E-state index contributed by atoms with van der Waals surface area (Å²) in [5, 5.41) is 3.19. The van der Waals surface area contributed by atoms with Crippen LogP contribution in [0.2, 0.25) is 5.02 Å². The van der Waals surface area contributed by atoms with Gasteiger partial charge in [-0.1, -0.05) is 11.6 Å². The first-order valence-electron chi connectivity index (χ1n) is 10.2. The van der Waals surface area contributed by atoms with E-state index in [1.807, 2.05) is 0 Å². The molecule has 0 saturated heterocycles. The minimum atomic E-state index is -0.456. The average Bonchev–Trinajstić information content (AvgIpc) is 2.82. The zero-order valence-corrected chi connectivity index (χ0v) is 17.8. The second-order valence-electron chi connectivity index (χ2n) is 7.57. The molecule has 1 amide bonds. The summed E-state index contributed by atoms with van der Waals surface area (Å²) in [5.41, 5.74) is 7.60. The largest absolute Gasteiger partial charge is 0.485 e. The third kappa shape index (κ3) is 3.54. The van der Waals surface area contributed by atoms with Gasteiger partial charge in [0, 0.05) is 30.6 Å². The molecule has 2 aliphatic rings. The van der Waals surface area contributed by atoms with Crippen molar-refractivity contribution in [3.63, 3.8) is 0 Å².